The van der Waals surface area contributed by atoms with E-state index in [2.05, 4.69) is 21.8 Å². The van der Waals surface area contributed by atoms with Gasteiger partial charge in [-0.25, -0.2) is 14.8 Å². The zero-order chi connectivity index (χ0) is 16.3. The van der Waals surface area contributed by atoms with Gasteiger partial charge in [0.05, 0.1) is 12.7 Å². The first-order valence-electron chi connectivity index (χ1n) is 7.51. The van der Waals surface area contributed by atoms with E-state index in [1.165, 1.54) is 13.5 Å². The summed E-state index contributed by atoms with van der Waals surface area (Å²) >= 11 is 6.18. The highest BCUT2D eigenvalue weighted by molar-refractivity contribution is 6.32. The minimum Gasteiger partial charge on any atom is -0.465 e. The van der Waals surface area contributed by atoms with Gasteiger partial charge in [0, 0.05) is 18.8 Å². The third-order valence-corrected chi connectivity index (χ3v) is 4.36. The van der Waals surface area contributed by atoms with Crippen LogP contribution in [0.15, 0.2) is 11.2 Å². The van der Waals surface area contributed by atoms with Crippen LogP contribution in [0.1, 0.15) is 49.0 Å². The maximum atomic E-state index is 12.0. The third-order valence-electron chi connectivity index (χ3n) is 4.08. The highest BCUT2D eigenvalue weighted by atomic mass is 35.5. The Morgan fingerprint density at radius 3 is 2.86 bits per heavy atom. The largest absolute Gasteiger partial charge is 0.465 e. The van der Waals surface area contributed by atoms with Crippen LogP contribution < -0.4 is 0 Å². The van der Waals surface area contributed by atoms with Crippen molar-refractivity contribution in [2.75, 3.05) is 13.7 Å². The molecule has 0 bridgehead atoms. The molecule has 1 aromatic rings. The zero-order valence-electron chi connectivity index (χ0n) is 13.5. The molecule has 0 aromatic carbocycles. The Hall–Kier alpha value is -1.62. The van der Waals surface area contributed by atoms with Gasteiger partial charge in [-0.3, -0.25) is 0 Å². The van der Waals surface area contributed by atoms with Crippen molar-refractivity contribution in [1.82, 2.24) is 9.88 Å². The minimum atomic E-state index is -0.444. The molecule has 0 saturated carbocycles. The number of methoxy groups -OCH3 is 1. The number of aliphatic imine (C=N–C) groups is 1. The van der Waals surface area contributed by atoms with Crippen molar-refractivity contribution in [3.05, 3.63) is 22.5 Å². The van der Waals surface area contributed by atoms with Gasteiger partial charge < -0.3 is 9.64 Å². The number of aromatic nitrogens is 1. The van der Waals surface area contributed by atoms with Crippen molar-refractivity contribution in [2.45, 2.75) is 46.1 Å². The lowest BCUT2D eigenvalue weighted by Crippen LogP contribution is -2.40. The normalized spacial score (nSPS) is 19.2. The van der Waals surface area contributed by atoms with E-state index in [4.69, 9.17) is 16.3 Å². The molecule has 1 aromatic heterocycles. The number of amidine groups is 1. The Kier molecular flexibility index (Phi) is 5.40. The first kappa shape index (κ1) is 16.7. The van der Waals surface area contributed by atoms with Gasteiger partial charge in [-0.2, -0.15) is 0 Å². The van der Waals surface area contributed by atoms with Crippen LogP contribution in [0.3, 0.4) is 0 Å². The van der Waals surface area contributed by atoms with Gasteiger partial charge in [-0.1, -0.05) is 11.6 Å². The fourth-order valence-corrected chi connectivity index (χ4v) is 3.02. The van der Waals surface area contributed by atoms with Crippen LogP contribution in [0, 0.1) is 6.92 Å². The van der Waals surface area contributed by atoms with Crippen molar-refractivity contribution in [3.63, 3.8) is 0 Å². The Morgan fingerprint density at radius 2 is 2.23 bits per heavy atom. The molecule has 1 saturated heterocycles. The minimum absolute atomic E-state index is 0.218. The SMILES string of the molecule is COC(=O)c1c(C)cnc(Cl)c1N=C(C)N1CCCC[C@H]1C. The summed E-state index contributed by atoms with van der Waals surface area (Å²) in [6.07, 6.45) is 5.11. The maximum Gasteiger partial charge on any atom is 0.340 e. The van der Waals surface area contributed by atoms with Gasteiger partial charge in [0.2, 0.25) is 0 Å². The molecule has 1 aliphatic heterocycles. The number of aryl methyl sites for hydroxylation is 1. The first-order chi connectivity index (χ1) is 10.5. The quantitative estimate of drug-likeness (QED) is 0.360. The molecule has 0 aliphatic carbocycles. The van der Waals surface area contributed by atoms with E-state index < -0.39 is 5.97 Å². The molecule has 6 heteroatoms. The number of esters is 1. The molecule has 5 nitrogen and oxygen atoms in total. The smallest absolute Gasteiger partial charge is 0.340 e. The molecular formula is C16H22ClN3O2. The Balaban J connectivity index is 2.45. The van der Waals surface area contributed by atoms with Crippen LogP contribution in [0.25, 0.3) is 0 Å². The average molecular weight is 324 g/mol. The second-order valence-electron chi connectivity index (χ2n) is 5.64. The van der Waals surface area contributed by atoms with E-state index in [9.17, 15) is 4.79 Å². The highest BCUT2D eigenvalue weighted by Crippen LogP contribution is 2.31. The summed E-state index contributed by atoms with van der Waals surface area (Å²) in [5.41, 5.74) is 1.48. The van der Waals surface area contributed by atoms with Crippen molar-refractivity contribution in [2.24, 2.45) is 4.99 Å². The molecule has 0 N–H and O–H groups in total. The Bertz CT molecular complexity index is 601. The van der Waals surface area contributed by atoms with Gasteiger partial charge in [-0.15, -0.1) is 0 Å². The van der Waals surface area contributed by atoms with Crippen molar-refractivity contribution in [3.8, 4) is 0 Å². The zero-order valence-corrected chi connectivity index (χ0v) is 14.3. The fourth-order valence-electron chi connectivity index (χ4n) is 2.84. The van der Waals surface area contributed by atoms with Crippen LogP contribution in [0.4, 0.5) is 5.69 Å². The summed E-state index contributed by atoms with van der Waals surface area (Å²) in [7, 11) is 1.35. The topological polar surface area (TPSA) is 54.8 Å². The van der Waals surface area contributed by atoms with Gasteiger partial charge in [0.15, 0.2) is 5.15 Å². The van der Waals surface area contributed by atoms with E-state index >= 15 is 0 Å². The second kappa shape index (κ2) is 7.09. The number of hydrogen-bond acceptors (Lipinski definition) is 4. The number of carbonyl (C=O) groups is 1. The van der Waals surface area contributed by atoms with Crippen LogP contribution in [0.2, 0.25) is 5.15 Å². The second-order valence-corrected chi connectivity index (χ2v) is 6.00. The summed E-state index contributed by atoms with van der Waals surface area (Å²) in [5.74, 6) is 0.409. The van der Waals surface area contributed by atoms with Gasteiger partial charge in [0.25, 0.3) is 0 Å². The van der Waals surface area contributed by atoms with Crippen LogP contribution >= 0.6 is 11.6 Å². The van der Waals surface area contributed by atoms with Gasteiger partial charge in [0.1, 0.15) is 11.5 Å². The molecule has 2 rings (SSSR count). The van der Waals surface area contributed by atoms with Crippen LogP contribution in [-0.2, 0) is 4.74 Å². The lowest BCUT2D eigenvalue weighted by atomic mass is 10.0. The van der Waals surface area contributed by atoms with E-state index in [0.717, 1.165) is 25.2 Å². The van der Waals surface area contributed by atoms with Crippen molar-refractivity contribution < 1.29 is 9.53 Å². The predicted molar refractivity (Wildman–Crippen MR) is 88.1 cm³/mol. The van der Waals surface area contributed by atoms with E-state index in [1.54, 1.807) is 13.1 Å². The molecule has 0 spiro atoms. The van der Waals surface area contributed by atoms with E-state index in [1.807, 2.05) is 6.92 Å². The van der Waals surface area contributed by atoms with E-state index in [-0.39, 0.29) is 5.15 Å². The molecule has 0 amide bonds. The number of hydrogen-bond donors (Lipinski definition) is 0. The lowest BCUT2D eigenvalue weighted by Gasteiger charge is -2.35. The number of halogens is 1. The number of rotatable bonds is 2. The number of pyridine rings is 1. The Labute approximate surface area is 136 Å². The van der Waals surface area contributed by atoms with Gasteiger partial charge >= 0.3 is 5.97 Å². The lowest BCUT2D eigenvalue weighted by molar-refractivity contribution is 0.0601. The van der Waals surface area contributed by atoms with Gasteiger partial charge in [-0.05, 0) is 45.6 Å². The monoisotopic (exact) mass is 323 g/mol. The summed E-state index contributed by atoms with van der Waals surface area (Å²) in [6, 6.07) is 0.440. The predicted octanol–water partition coefficient (Wildman–Crippen LogP) is 3.75. The maximum absolute atomic E-state index is 12.0. The molecular weight excluding hydrogens is 302 g/mol. The first-order valence-corrected chi connectivity index (χ1v) is 7.88. The molecule has 1 fully saturated rings. The number of ether oxygens (including phenoxy) is 1. The van der Waals surface area contributed by atoms with Crippen molar-refractivity contribution in [1.29, 1.82) is 0 Å². The summed E-state index contributed by atoms with van der Waals surface area (Å²) in [6.45, 7) is 6.91. The number of nitrogens with zero attached hydrogens (tertiary/aromatic N) is 3. The molecule has 1 aliphatic rings. The van der Waals surface area contributed by atoms with Crippen LogP contribution in [0.5, 0.6) is 0 Å². The summed E-state index contributed by atoms with van der Waals surface area (Å²) in [4.78, 5) is 23.0. The number of likely N-dealkylation sites (tertiary alicyclic amines) is 1. The molecule has 22 heavy (non-hydrogen) atoms. The molecule has 2 heterocycles. The molecule has 1 atom stereocenters. The third kappa shape index (κ3) is 3.40. The van der Waals surface area contributed by atoms with Crippen molar-refractivity contribution >= 4 is 29.1 Å². The summed E-state index contributed by atoms with van der Waals surface area (Å²) < 4.78 is 4.85. The fraction of sp³-hybridized carbons (Fsp3) is 0.562. The Morgan fingerprint density at radius 1 is 1.50 bits per heavy atom. The number of carbonyl (C=O) groups excluding carboxylic acids is 1. The molecule has 0 radical (unpaired) electrons. The average Bonchev–Trinajstić information content (AvgIpc) is 2.50. The molecule has 120 valence electrons. The van der Waals surface area contributed by atoms with E-state index in [0.29, 0.717) is 22.9 Å². The molecule has 0 unspecified atom stereocenters. The van der Waals surface area contributed by atoms with Crippen LogP contribution in [-0.4, -0.2) is 41.4 Å². The highest BCUT2D eigenvalue weighted by Gasteiger charge is 2.22. The summed E-state index contributed by atoms with van der Waals surface area (Å²) in [5, 5.41) is 0.218. The standard InChI is InChI=1S/C16H22ClN3O2/c1-10-9-18-15(17)14(13(10)16(21)22-4)19-12(3)20-8-6-5-7-11(20)2/h9,11H,5-8H2,1-4H3/t11-/m1/s1. The number of piperidine rings is 1.